The molecule has 0 saturated carbocycles. The molecule has 0 radical (unpaired) electrons. The van der Waals surface area contributed by atoms with Gasteiger partial charge >= 0.3 is 0 Å². The van der Waals surface area contributed by atoms with E-state index in [1.54, 1.807) is 0 Å². The average molecular weight is 281 g/mol. The molecule has 1 unspecified atom stereocenters. The fraction of sp³-hybridized carbons (Fsp3) is 0.812. The van der Waals surface area contributed by atoms with E-state index in [9.17, 15) is 5.11 Å². The third kappa shape index (κ3) is 3.83. The van der Waals surface area contributed by atoms with Crippen LogP contribution in [0.5, 0.6) is 0 Å². The molecular formula is C16H31N3O. The summed E-state index contributed by atoms with van der Waals surface area (Å²) in [6.45, 7) is 12.7. The summed E-state index contributed by atoms with van der Waals surface area (Å²) in [5.74, 6) is 0. The second kappa shape index (κ2) is 7.79. The molecule has 0 aliphatic rings. The number of nitrogens with one attached hydrogen (secondary N) is 1. The molecule has 116 valence electrons. The second-order valence-corrected chi connectivity index (χ2v) is 5.65. The Kier molecular flexibility index (Phi) is 6.69. The van der Waals surface area contributed by atoms with Gasteiger partial charge in [-0.15, -0.1) is 0 Å². The van der Waals surface area contributed by atoms with E-state index in [2.05, 4.69) is 49.7 Å². The van der Waals surface area contributed by atoms with Crippen molar-refractivity contribution in [2.24, 2.45) is 0 Å². The predicted molar refractivity (Wildman–Crippen MR) is 84.1 cm³/mol. The van der Waals surface area contributed by atoms with Crippen LogP contribution < -0.4 is 5.32 Å². The van der Waals surface area contributed by atoms with Crippen LogP contribution in [0.4, 0.5) is 0 Å². The molecule has 0 aromatic carbocycles. The van der Waals surface area contributed by atoms with Gasteiger partial charge in [-0.2, -0.15) is 5.10 Å². The highest BCUT2D eigenvalue weighted by Crippen LogP contribution is 2.19. The molecule has 2 N–H and O–H groups in total. The molecule has 0 aliphatic carbocycles. The summed E-state index contributed by atoms with van der Waals surface area (Å²) < 4.78 is 2.12. The molecule has 1 atom stereocenters. The summed E-state index contributed by atoms with van der Waals surface area (Å²) in [5, 5.41) is 17.7. The molecule has 0 fully saturated rings. The maximum atomic E-state index is 9.66. The first kappa shape index (κ1) is 17.2. The van der Waals surface area contributed by atoms with Gasteiger partial charge in [-0.25, -0.2) is 0 Å². The fourth-order valence-electron chi connectivity index (χ4n) is 3.04. The Morgan fingerprint density at radius 3 is 2.40 bits per heavy atom. The molecule has 4 nitrogen and oxygen atoms in total. The summed E-state index contributed by atoms with van der Waals surface area (Å²) in [6, 6.07) is 0. The highest BCUT2D eigenvalue weighted by Gasteiger charge is 2.25. The van der Waals surface area contributed by atoms with Gasteiger partial charge in [0.2, 0.25) is 0 Å². The topological polar surface area (TPSA) is 50.1 Å². The van der Waals surface area contributed by atoms with E-state index in [0.717, 1.165) is 44.5 Å². The van der Waals surface area contributed by atoms with Crippen molar-refractivity contribution in [3.8, 4) is 0 Å². The van der Waals surface area contributed by atoms with E-state index in [1.807, 2.05) is 0 Å². The summed E-state index contributed by atoms with van der Waals surface area (Å²) in [7, 11) is 0. The highest BCUT2D eigenvalue weighted by molar-refractivity contribution is 5.24. The van der Waals surface area contributed by atoms with Gasteiger partial charge in [0.15, 0.2) is 0 Å². The van der Waals surface area contributed by atoms with Crippen molar-refractivity contribution < 1.29 is 5.11 Å². The van der Waals surface area contributed by atoms with Crippen LogP contribution in [-0.4, -0.2) is 33.6 Å². The van der Waals surface area contributed by atoms with Gasteiger partial charge in [-0.1, -0.05) is 20.8 Å². The van der Waals surface area contributed by atoms with E-state index in [0.29, 0.717) is 0 Å². The maximum absolute atomic E-state index is 9.66. The molecule has 0 spiro atoms. The number of aliphatic hydroxyl groups excluding tert-OH is 1. The van der Waals surface area contributed by atoms with Crippen LogP contribution in [-0.2, 0) is 13.0 Å². The fourth-order valence-corrected chi connectivity index (χ4v) is 3.04. The van der Waals surface area contributed by atoms with Crippen molar-refractivity contribution in [2.45, 2.75) is 72.4 Å². The Labute approximate surface area is 123 Å². The lowest BCUT2D eigenvalue weighted by Crippen LogP contribution is -2.48. The summed E-state index contributed by atoms with van der Waals surface area (Å²) in [5.41, 5.74) is 3.69. The monoisotopic (exact) mass is 281 g/mol. The van der Waals surface area contributed by atoms with Gasteiger partial charge in [0, 0.05) is 17.8 Å². The van der Waals surface area contributed by atoms with E-state index in [1.165, 1.54) is 11.3 Å². The minimum atomic E-state index is -0.127. The number of hydrogen-bond acceptors (Lipinski definition) is 3. The smallest absolute Gasteiger partial charge is 0.0628 e. The molecule has 1 rings (SSSR count). The normalized spacial score (nSPS) is 14.5. The lowest BCUT2D eigenvalue weighted by atomic mass is 9.91. The largest absolute Gasteiger partial charge is 0.394 e. The van der Waals surface area contributed by atoms with Crippen molar-refractivity contribution in [3.63, 3.8) is 0 Å². The van der Waals surface area contributed by atoms with Gasteiger partial charge in [0.05, 0.1) is 12.3 Å². The minimum absolute atomic E-state index is 0.127. The van der Waals surface area contributed by atoms with E-state index < -0.39 is 0 Å². The minimum Gasteiger partial charge on any atom is -0.394 e. The number of aromatic nitrogens is 2. The van der Waals surface area contributed by atoms with E-state index in [-0.39, 0.29) is 12.1 Å². The second-order valence-electron chi connectivity index (χ2n) is 5.65. The molecule has 20 heavy (non-hydrogen) atoms. The zero-order chi connectivity index (χ0) is 15.2. The highest BCUT2D eigenvalue weighted by atomic mass is 16.3. The Bertz CT molecular complexity index is 408. The summed E-state index contributed by atoms with van der Waals surface area (Å²) in [6.07, 6.45) is 4.01. The third-order valence-corrected chi connectivity index (χ3v) is 4.44. The van der Waals surface area contributed by atoms with Gasteiger partial charge in [-0.05, 0) is 51.6 Å². The van der Waals surface area contributed by atoms with Crippen LogP contribution >= 0.6 is 0 Å². The zero-order valence-electron chi connectivity index (χ0n) is 13.8. The Balaban J connectivity index is 2.63. The number of aliphatic hydroxyl groups is 1. The molecule has 1 aromatic heterocycles. The van der Waals surface area contributed by atoms with Gasteiger partial charge in [-0.3, -0.25) is 4.68 Å². The van der Waals surface area contributed by atoms with Crippen molar-refractivity contribution in [2.75, 3.05) is 13.2 Å². The first-order valence-electron chi connectivity index (χ1n) is 7.92. The van der Waals surface area contributed by atoms with Gasteiger partial charge < -0.3 is 10.4 Å². The molecule has 4 heteroatoms. The number of nitrogens with zero attached hydrogens (tertiary/aromatic N) is 2. The number of likely N-dealkylation sites (N-methyl/N-ethyl adjacent to an activating group) is 1. The molecule has 0 aliphatic heterocycles. The quantitative estimate of drug-likeness (QED) is 0.731. The number of aryl methyl sites for hydroxylation is 2. The van der Waals surface area contributed by atoms with Crippen LogP contribution in [0, 0.1) is 13.8 Å². The van der Waals surface area contributed by atoms with Crippen LogP contribution in [0.2, 0.25) is 0 Å². The van der Waals surface area contributed by atoms with Crippen LogP contribution in [0.1, 0.15) is 57.0 Å². The molecular weight excluding hydrogens is 250 g/mol. The zero-order valence-corrected chi connectivity index (χ0v) is 13.8. The third-order valence-electron chi connectivity index (χ3n) is 4.44. The Morgan fingerprint density at radius 1 is 1.25 bits per heavy atom. The summed E-state index contributed by atoms with van der Waals surface area (Å²) >= 11 is 0. The van der Waals surface area contributed by atoms with Crippen molar-refractivity contribution >= 4 is 0 Å². The van der Waals surface area contributed by atoms with Crippen LogP contribution in [0.3, 0.4) is 0 Å². The van der Waals surface area contributed by atoms with Crippen molar-refractivity contribution in [3.05, 3.63) is 17.0 Å². The molecule has 0 bridgehead atoms. The molecule has 0 amide bonds. The van der Waals surface area contributed by atoms with E-state index >= 15 is 0 Å². The molecule has 1 aromatic rings. The van der Waals surface area contributed by atoms with E-state index in [4.69, 9.17) is 0 Å². The maximum Gasteiger partial charge on any atom is 0.0628 e. The number of rotatable bonds is 9. The average Bonchev–Trinajstić information content (AvgIpc) is 2.72. The lowest BCUT2D eigenvalue weighted by molar-refractivity contribution is 0.144. The standard InChI is InChI=1S/C16H31N3O/c1-6-15-13(4)18-19(14(15)5)11-9-10-16(7-2,12-20)17-8-3/h17,20H,6-12H2,1-5H3. The molecule has 0 saturated heterocycles. The van der Waals surface area contributed by atoms with Crippen molar-refractivity contribution in [1.82, 2.24) is 15.1 Å². The van der Waals surface area contributed by atoms with Gasteiger partial charge in [0.1, 0.15) is 0 Å². The van der Waals surface area contributed by atoms with Crippen LogP contribution in [0.25, 0.3) is 0 Å². The molecule has 1 heterocycles. The Hall–Kier alpha value is -0.870. The summed E-state index contributed by atoms with van der Waals surface area (Å²) in [4.78, 5) is 0. The SMILES string of the molecule is CCNC(CC)(CO)CCCn1nc(C)c(CC)c1C. The first-order valence-corrected chi connectivity index (χ1v) is 7.92. The Morgan fingerprint density at radius 2 is 1.95 bits per heavy atom. The predicted octanol–water partition coefficient (Wildman–Crippen LogP) is 2.59. The van der Waals surface area contributed by atoms with Crippen LogP contribution in [0.15, 0.2) is 0 Å². The first-order chi connectivity index (χ1) is 9.53. The lowest BCUT2D eigenvalue weighted by Gasteiger charge is -2.31. The van der Waals surface area contributed by atoms with Gasteiger partial charge in [0.25, 0.3) is 0 Å². The van der Waals surface area contributed by atoms with Crippen molar-refractivity contribution in [1.29, 1.82) is 0 Å². The number of hydrogen-bond donors (Lipinski definition) is 2.